The van der Waals surface area contributed by atoms with E-state index in [9.17, 15) is 9.59 Å². The number of aliphatic hydroxyl groups excluding tert-OH is 1. The van der Waals surface area contributed by atoms with Crippen molar-refractivity contribution in [3.05, 3.63) is 0 Å². The van der Waals surface area contributed by atoms with Crippen molar-refractivity contribution in [2.75, 3.05) is 13.1 Å². The number of nitrogens with zero attached hydrogens (tertiary/aromatic N) is 1. The zero-order valence-electron chi connectivity index (χ0n) is 10.1. The van der Waals surface area contributed by atoms with Crippen molar-refractivity contribution in [1.82, 2.24) is 4.90 Å². The van der Waals surface area contributed by atoms with Crippen LogP contribution in [0.15, 0.2) is 0 Å². The number of ketones is 1. The number of hydrogen-bond acceptors (Lipinski definition) is 3. The van der Waals surface area contributed by atoms with Crippen LogP contribution in [-0.2, 0) is 9.59 Å². The van der Waals surface area contributed by atoms with Gasteiger partial charge < -0.3 is 10.0 Å². The molecule has 0 aliphatic carbocycles. The Morgan fingerprint density at radius 1 is 1.38 bits per heavy atom. The Bertz CT molecular complexity index is 259. The van der Waals surface area contributed by atoms with Gasteiger partial charge in [-0.1, -0.05) is 13.3 Å². The number of aliphatic hydroxyl groups is 1. The molecule has 1 atom stereocenters. The minimum atomic E-state index is -0.318. The Hall–Kier alpha value is -0.900. The molecule has 16 heavy (non-hydrogen) atoms. The normalized spacial score (nSPS) is 18.1. The van der Waals surface area contributed by atoms with Gasteiger partial charge in [0.25, 0.3) is 0 Å². The van der Waals surface area contributed by atoms with Gasteiger partial charge in [0.15, 0.2) is 0 Å². The van der Waals surface area contributed by atoms with E-state index in [1.54, 1.807) is 11.8 Å². The summed E-state index contributed by atoms with van der Waals surface area (Å²) in [7, 11) is 0. The lowest BCUT2D eigenvalue weighted by Gasteiger charge is -2.35. The summed E-state index contributed by atoms with van der Waals surface area (Å²) in [6, 6.07) is 0. The van der Waals surface area contributed by atoms with Crippen LogP contribution >= 0.6 is 0 Å². The van der Waals surface area contributed by atoms with Gasteiger partial charge in [-0.05, 0) is 19.8 Å². The zero-order valence-corrected chi connectivity index (χ0v) is 10.1. The van der Waals surface area contributed by atoms with Crippen molar-refractivity contribution < 1.29 is 14.7 Å². The van der Waals surface area contributed by atoms with Crippen LogP contribution in [0.25, 0.3) is 0 Å². The summed E-state index contributed by atoms with van der Waals surface area (Å²) >= 11 is 0. The van der Waals surface area contributed by atoms with Crippen LogP contribution < -0.4 is 0 Å². The SMILES string of the molecule is CC(=O)C(C)CCCCC(=O)N1CC(O)C1. The zero-order chi connectivity index (χ0) is 12.1. The van der Waals surface area contributed by atoms with Crippen molar-refractivity contribution in [2.24, 2.45) is 5.92 Å². The molecule has 0 radical (unpaired) electrons. The lowest BCUT2D eigenvalue weighted by molar-refractivity contribution is -0.141. The van der Waals surface area contributed by atoms with Crippen LogP contribution in [0.3, 0.4) is 0 Å². The Morgan fingerprint density at radius 3 is 2.50 bits per heavy atom. The molecule has 1 fully saturated rings. The molecule has 4 heteroatoms. The Morgan fingerprint density at radius 2 is 2.00 bits per heavy atom. The molecule has 4 nitrogen and oxygen atoms in total. The van der Waals surface area contributed by atoms with E-state index >= 15 is 0 Å². The van der Waals surface area contributed by atoms with Crippen LogP contribution in [0, 0.1) is 5.92 Å². The number of Topliss-reactive ketones (excluding diaryl/α,β-unsaturated/α-hetero) is 1. The molecule has 1 heterocycles. The minimum absolute atomic E-state index is 0.112. The summed E-state index contributed by atoms with van der Waals surface area (Å²) in [6.07, 6.45) is 2.84. The van der Waals surface area contributed by atoms with Gasteiger partial charge in [-0.3, -0.25) is 9.59 Å². The van der Waals surface area contributed by atoms with E-state index in [4.69, 9.17) is 5.11 Å². The molecular weight excluding hydrogens is 206 g/mol. The van der Waals surface area contributed by atoms with Gasteiger partial charge in [0.1, 0.15) is 5.78 Å². The number of carbonyl (C=O) groups excluding carboxylic acids is 2. The monoisotopic (exact) mass is 227 g/mol. The van der Waals surface area contributed by atoms with Crippen LogP contribution in [0.2, 0.25) is 0 Å². The highest BCUT2D eigenvalue weighted by Crippen LogP contribution is 2.14. The van der Waals surface area contributed by atoms with Gasteiger partial charge in [-0.25, -0.2) is 0 Å². The third-order valence-electron chi connectivity index (χ3n) is 3.19. The molecule has 0 bridgehead atoms. The molecule has 0 aromatic heterocycles. The summed E-state index contributed by atoms with van der Waals surface area (Å²) in [5.74, 6) is 0.457. The number of rotatable bonds is 6. The average molecular weight is 227 g/mol. The summed E-state index contributed by atoms with van der Waals surface area (Å²) < 4.78 is 0. The second-order valence-electron chi connectivity index (χ2n) is 4.71. The Labute approximate surface area is 96.6 Å². The maximum atomic E-state index is 11.5. The predicted octanol–water partition coefficient (Wildman–Crippen LogP) is 0.975. The summed E-state index contributed by atoms with van der Waals surface area (Å²) in [4.78, 5) is 24.1. The molecule has 0 saturated carbocycles. The van der Waals surface area contributed by atoms with Gasteiger partial charge in [-0.15, -0.1) is 0 Å². The van der Waals surface area contributed by atoms with Crippen LogP contribution in [-0.4, -0.2) is 40.9 Å². The van der Waals surface area contributed by atoms with E-state index < -0.39 is 0 Å². The molecule has 1 aliphatic heterocycles. The van der Waals surface area contributed by atoms with Crippen molar-refractivity contribution in [3.8, 4) is 0 Å². The van der Waals surface area contributed by atoms with Crippen LogP contribution in [0.5, 0.6) is 0 Å². The van der Waals surface area contributed by atoms with Crippen LogP contribution in [0.1, 0.15) is 39.5 Å². The van der Waals surface area contributed by atoms with Crippen molar-refractivity contribution in [1.29, 1.82) is 0 Å². The van der Waals surface area contributed by atoms with Gasteiger partial charge in [0.2, 0.25) is 5.91 Å². The summed E-state index contributed by atoms with van der Waals surface area (Å²) in [5, 5.41) is 9.04. The Balaban J connectivity index is 2.03. The second-order valence-corrected chi connectivity index (χ2v) is 4.71. The Kier molecular flexibility index (Phi) is 4.93. The van der Waals surface area contributed by atoms with E-state index in [0.29, 0.717) is 19.5 Å². The maximum Gasteiger partial charge on any atom is 0.222 e. The largest absolute Gasteiger partial charge is 0.389 e. The number of hydrogen-bond donors (Lipinski definition) is 1. The molecule has 1 unspecified atom stereocenters. The van der Waals surface area contributed by atoms with Gasteiger partial charge in [-0.2, -0.15) is 0 Å². The molecular formula is C12H21NO3. The van der Waals surface area contributed by atoms with Crippen LogP contribution in [0.4, 0.5) is 0 Å². The van der Waals surface area contributed by atoms with Gasteiger partial charge in [0.05, 0.1) is 6.10 Å². The fraction of sp³-hybridized carbons (Fsp3) is 0.833. The van der Waals surface area contributed by atoms with Crippen molar-refractivity contribution in [3.63, 3.8) is 0 Å². The van der Waals surface area contributed by atoms with Gasteiger partial charge >= 0.3 is 0 Å². The summed E-state index contributed by atoms with van der Waals surface area (Å²) in [5.41, 5.74) is 0. The molecule has 0 spiro atoms. The number of amides is 1. The molecule has 0 aromatic carbocycles. The minimum Gasteiger partial charge on any atom is -0.389 e. The van der Waals surface area contributed by atoms with E-state index in [-0.39, 0.29) is 23.7 Å². The second kappa shape index (κ2) is 5.99. The molecule has 92 valence electrons. The van der Waals surface area contributed by atoms with E-state index in [0.717, 1.165) is 19.3 Å². The van der Waals surface area contributed by atoms with Gasteiger partial charge in [0, 0.05) is 25.4 Å². The molecule has 1 saturated heterocycles. The number of β-amino-alcohol motifs (C(OH)–C–C–N with tert-alkyl or cyclic N) is 1. The summed E-state index contributed by atoms with van der Waals surface area (Å²) in [6.45, 7) is 4.51. The van der Waals surface area contributed by atoms with Crippen molar-refractivity contribution >= 4 is 11.7 Å². The molecule has 0 aromatic rings. The maximum absolute atomic E-state index is 11.5. The average Bonchev–Trinajstić information content (AvgIpc) is 2.18. The third kappa shape index (κ3) is 3.93. The highest BCUT2D eigenvalue weighted by molar-refractivity contribution is 5.78. The standard InChI is InChI=1S/C12H21NO3/c1-9(10(2)14)5-3-4-6-12(16)13-7-11(15)8-13/h9,11,15H,3-8H2,1-2H3. The molecule has 1 N–H and O–H groups in total. The lowest BCUT2D eigenvalue weighted by Crippen LogP contribution is -2.53. The first-order valence-electron chi connectivity index (χ1n) is 5.97. The first-order valence-corrected chi connectivity index (χ1v) is 5.97. The number of carbonyl (C=O) groups is 2. The quantitative estimate of drug-likeness (QED) is 0.688. The van der Waals surface area contributed by atoms with E-state index in [1.807, 2.05) is 6.92 Å². The van der Waals surface area contributed by atoms with E-state index in [1.165, 1.54) is 0 Å². The first kappa shape index (κ1) is 13.2. The third-order valence-corrected chi connectivity index (χ3v) is 3.19. The molecule has 1 rings (SSSR count). The smallest absolute Gasteiger partial charge is 0.222 e. The highest BCUT2D eigenvalue weighted by atomic mass is 16.3. The number of unbranched alkanes of at least 4 members (excludes halogenated alkanes) is 1. The highest BCUT2D eigenvalue weighted by Gasteiger charge is 2.27. The van der Waals surface area contributed by atoms with Crippen molar-refractivity contribution in [2.45, 2.75) is 45.6 Å². The topological polar surface area (TPSA) is 57.6 Å². The molecule has 1 amide bonds. The lowest BCUT2D eigenvalue weighted by atomic mass is 9.99. The fourth-order valence-electron chi connectivity index (χ4n) is 1.75. The molecule has 1 aliphatic rings. The van der Waals surface area contributed by atoms with E-state index in [2.05, 4.69) is 0 Å². The number of likely N-dealkylation sites (tertiary alicyclic amines) is 1. The fourth-order valence-corrected chi connectivity index (χ4v) is 1.75. The first-order chi connectivity index (χ1) is 7.50. The predicted molar refractivity (Wildman–Crippen MR) is 60.9 cm³/mol.